The molecular weight excluding hydrogens is 230 g/mol. The quantitative estimate of drug-likeness (QED) is 0.839. The lowest BCUT2D eigenvalue weighted by Gasteiger charge is -2.18. The molecule has 0 saturated heterocycles. The summed E-state index contributed by atoms with van der Waals surface area (Å²) in [4.78, 5) is 15.9. The molecule has 2 N–H and O–H groups in total. The lowest BCUT2D eigenvalue weighted by molar-refractivity contribution is 0.554. The number of nitrogens with one attached hydrogen (secondary N) is 2. The molecule has 2 aromatic heterocycles. The molecule has 0 spiro atoms. The van der Waals surface area contributed by atoms with E-state index in [0.717, 1.165) is 5.82 Å². The number of hydrogen-bond acceptors (Lipinski definition) is 4. The van der Waals surface area contributed by atoms with E-state index in [2.05, 4.69) is 27.4 Å². The first-order valence-corrected chi connectivity index (χ1v) is 6.36. The van der Waals surface area contributed by atoms with Crippen LogP contribution >= 0.6 is 0 Å². The predicted molar refractivity (Wildman–Crippen MR) is 68.8 cm³/mol. The van der Waals surface area contributed by atoms with Crippen LogP contribution in [0.25, 0.3) is 5.65 Å². The van der Waals surface area contributed by atoms with Crippen molar-refractivity contribution in [2.45, 2.75) is 39.2 Å². The van der Waals surface area contributed by atoms with Gasteiger partial charge in [-0.2, -0.15) is 5.10 Å². The molecular formula is C12H17N5O. The molecule has 2 aromatic rings. The summed E-state index contributed by atoms with van der Waals surface area (Å²) in [5.41, 5.74) is 0.372. The number of H-pyrrole nitrogens is 1. The number of anilines is 1. The second-order valence-corrected chi connectivity index (χ2v) is 5.07. The molecule has 1 fully saturated rings. The Kier molecular flexibility index (Phi) is 2.57. The highest BCUT2D eigenvalue weighted by molar-refractivity contribution is 5.50. The second-order valence-electron chi connectivity index (χ2n) is 5.07. The first-order chi connectivity index (χ1) is 8.65. The number of fused-ring (bicyclic) bond motifs is 1. The lowest BCUT2D eigenvalue weighted by atomic mass is 10.1. The Balaban J connectivity index is 1.95. The van der Waals surface area contributed by atoms with Gasteiger partial charge in [-0.25, -0.2) is 19.3 Å². The van der Waals surface area contributed by atoms with Crippen molar-refractivity contribution in [3.8, 4) is 0 Å². The largest absolute Gasteiger partial charge is 0.367 e. The zero-order chi connectivity index (χ0) is 12.7. The number of rotatable bonds is 2. The highest BCUT2D eigenvalue weighted by Crippen LogP contribution is 2.27. The maximum atomic E-state index is 11.5. The molecule has 3 rings (SSSR count). The fourth-order valence-electron chi connectivity index (χ4n) is 2.72. The van der Waals surface area contributed by atoms with E-state index in [1.807, 2.05) is 13.0 Å². The van der Waals surface area contributed by atoms with Crippen molar-refractivity contribution in [2.24, 2.45) is 5.92 Å². The van der Waals surface area contributed by atoms with Gasteiger partial charge in [0, 0.05) is 12.1 Å². The summed E-state index contributed by atoms with van der Waals surface area (Å²) in [5, 5.41) is 9.87. The molecule has 6 nitrogen and oxygen atoms in total. The van der Waals surface area contributed by atoms with Crippen LogP contribution in [0.4, 0.5) is 5.82 Å². The molecule has 1 aliphatic carbocycles. The van der Waals surface area contributed by atoms with Crippen molar-refractivity contribution in [1.29, 1.82) is 0 Å². The number of aromatic amines is 1. The predicted octanol–water partition coefficient (Wildman–Crippen LogP) is 1.33. The van der Waals surface area contributed by atoms with Crippen LogP contribution in [0.15, 0.2) is 10.9 Å². The van der Waals surface area contributed by atoms with Gasteiger partial charge in [0.1, 0.15) is 11.6 Å². The van der Waals surface area contributed by atoms with Crippen LogP contribution in [0.3, 0.4) is 0 Å². The van der Waals surface area contributed by atoms with Gasteiger partial charge in [0.15, 0.2) is 5.65 Å². The second kappa shape index (κ2) is 4.12. The number of nitrogens with zero attached hydrogens (tertiary/aromatic N) is 3. The topological polar surface area (TPSA) is 75.1 Å². The minimum absolute atomic E-state index is 0.240. The van der Waals surface area contributed by atoms with Crippen LogP contribution in [0, 0.1) is 12.8 Å². The van der Waals surface area contributed by atoms with E-state index in [1.54, 1.807) is 0 Å². The first-order valence-electron chi connectivity index (χ1n) is 6.36. The smallest absolute Gasteiger partial charge is 0.349 e. The third kappa shape index (κ3) is 1.77. The minimum Gasteiger partial charge on any atom is -0.367 e. The van der Waals surface area contributed by atoms with Gasteiger partial charge in [-0.1, -0.05) is 13.3 Å². The molecule has 0 bridgehead atoms. The highest BCUT2D eigenvalue weighted by Gasteiger charge is 2.23. The van der Waals surface area contributed by atoms with E-state index in [9.17, 15) is 4.79 Å². The molecule has 0 aliphatic heterocycles. The van der Waals surface area contributed by atoms with Gasteiger partial charge in [-0.15, -0.1) is 0 Å². The zero-order valence-electron chi connectivity index (χ0n) is 10.6. The van der Waals surface area contributed by atoms with Gasteiger partial charge in [0.2, 0.25) is 0 Å². The fraction of sp³-hybridized carbons (Fsp3) is 0.583. The van der Waals surface area contributed by atoms with E-state index in [-0.39, 0.29) is 5.69 Å². The summed E-state index contributed by atoms with van der Waals surface area (Å²) in [7, 11) is 0. The Morgan fingerprint density at radius 3 is 3.06 bits per heavy atom. The van der Waals surface area contributed by atoms with E-state index >= 15 is 0 Å². The molecule has 6 heteroatoms. The van der Waals surface area contributed by atoms with E-state index in [1.165, 1.54) is 23.7 Å². The van der Waals surface area contributed by atoms with Crippen LogP contribution in [0.2, 0.25) is 0 Å². The summed E-state index contributed by atoms with van der Waals surface area (Å²) in [6.07, 6.45) is 3.71. The van der Waals surface area contributed by atoms with Crippen molar-refractivity contribution in [2.75, 3.05) is 5.32 Å². The Labute approximate surface area is 104 Å². The van der Waals surface area contributed by atoms with Gasteiger partial charge in [0.05, 0.1) is 0 Å². The van der Waals surface area contributed by atoms with Gasteiger partial charge in [-0.3, -0.25) is 0 Å². The Morgan fingerprint density at radius 2 is 2.33 bits per heavy atom. The normalized spacial score (nSPS) is 23.7. The van der Waals surface area contributed by atoms with Gasteiger partial charge in [-0.05, 0) is 25.7 Å². The molecule has 18 heavy (non-hydrogen) atoms. The van der Waals surface area contributed by atoms with E-state index < -0.39 is 0 Å². The van der Waals surface area contributed by atoms with E-state index in [0.29, 0.717) is 23.4 Å². The monoisotopic (exact) mass is 247 g/mol. The summed E-state index contributed by atoms with van der Waals surface area (Å²) < 4.78 is 1.48. The molecule has 96 valence electrons. The minimum atomic E-state index is -0.240. The average molecular weight is 247 g/mol. The summed E-state index contributed by atoms with van der Waals surface area (Å²) in [6, 6.07) is 2.29. The van der Waals surface area contributed by atoms with E-state index in [4.69, 9.17) is 0 Å². The molecule has 0 radical (unpaired) electrons. The molecule has 1 saturated carbocycles. The molecule has 0 aromatic carbocycles. The van der Waals surface area contributed by atoms with Crippen LogP contribution in [0.5, 0.6) is 0 Å². The molecule has 0 amide bonds. The highest BCUT2D eigenvalue weighted by atomic mass is 16.1. The van der Waals surface area contributed by atoms with Gasteiger partial charge >= 0.3 is 5.69 Å². The Hall–Kier alpha value is -1.85. The Morgan fingerprint density at radius 1 is 1.50 bits per heavy atom. The van der Waals surface area contributed by atoms with Crippen molar-refractivity contribution in [1.82, 2.24) is 19.6 Å². The summed E-state index contributed by atoms with van der Waals surface area (Å²) in [6.45, 7) is 4.07. The third-order valence-electron chi connectivity index (χ3n) is 3.76. The van der Waals surface area contributed by atoms with Crippen LogP contribution in [-0.2, 0) is 0 Å². The standard InChI is InChI=1S/C12H17N5O/c1-7-4-3-5-9(7)14-10-6-11-15-16-12(18)17(11)8(2)13-10/h6-7,9,14H,3-5H2,1-2H3,(H,16,18). The van der Waals surface area contributed by atoms with Gasteiger partial charge in [0.25, 0.3) is 0 Å². The lowest BCUT2D eigenvalue weighted by Crippen LogP contribution is -2.23. The molecule has 2 atom stereocenters. The number of hydrogen-bond donors (Lipinski definition) is 2. The number of aryl methyl sites for hydroxylation is 1. The van der Waals surface area contributed by atoms with Crippen LogP contribution in [0.1, 0.15) is 32.0 Å². The van der Waals surface area contributed by atoms with Crippen LogP contribution in [-0.4, -0.2) is 25.6 Å². The maximum Gasteiger partial charge on any atom is 0.349 e. The average Bonchev–Trinajstić information content (AvgIpc) is 2.87. The maximum absolute atomic E-state index is 11.5. The number of aromatic nitrogens is 4. The van der Waals surface area contributed by atoms with Crippen molar-refractivity contribution in [3.63, 3.8) is 0 Å². The zero-order valence-corrected chi connectivity index (χ0v) is 10.6. The molecule has 2 unspecified atom stereocenters. The van der Waals surface area contributed by atoms with Crippen molar-refractivity contribution in [3.05, 3.63) is 22.4 Å². The summed E-state index contributed by atoms with van der Waals surface area (Å²) in [5.74, 6) is 2.13. The van der Waals surface area contributed by atoms with Crippen molar-refractivity contribution >= 4 is 11.5 Å². The van der Waals surface area contributed by atoms with Crippen LogP contribution < -0.4 is 11.0 Å². The van der Waals surface area contributed by atoms with Crippen molar-refractivity contribution < 1.29 is 0 Å². The fourth-order valence-corrected chi connectivity index (χ4v) is 2.72. The first kappa shape index (κ1) is 11.3. The third-order valence-corrected chi connectivity index (χ3v) is 3.76. The Bertz CT molecular complexity index is 629. The van der Waals surface area contributed by atoms with Gasteiger partial charge < -0.3 is 5.32 Å². The SMILES string of the molecule is Cc1nc(NC2CCCC2C)cc2n[nH]c(=O)n12. The summed E-state index contributed by atoms with van der Waals surface area (Å²) >= 11 is 0. The molecule has 2 heterocycles. The molecule has 1 aliphatic rings.